The molecule has 4 unspecified atom stereocenters. The highest BCUT2D eigenvalue weighted by Crippen LogP contribution is 2.45. The van der Waals surface area contributed by atoms with Crippen LogP contribution in [0.3, 0.4) is 0 Å². The van der Waals surface area contributed by atoms with Crippen LogP contribution in [0.15, 0.2) is 65.4 Å². The summed E-state index contributed by atoms with van der Waals surface area (Å²) in [5.74, 6) is -1.69. The number of nitrogens with zero attached hydrogens (tertiary/aromatic N) is 1. The fourth-order valence-corrected chi connectivity index (χ4v) is 6.52. The van der Waals surface area contributed by atoms with Crippen LogP contribution in [-0.4, -0.2) is 28.5 Å². The van der Waals surface area contributed by atoms with E-state index in [9.17, 15) is 9.59 Å². The predicted molar refractivity (Wildman–Crippen MR) is 125 cm³/mol. The van der Waals surface area contributed by atoms with Gasteiger partial charge in [0.15, 0.2) is 0 Å². The van der Waals surface area contributed by atoms with E-state index >= 15 is 0 Å². The summed E-state index contributed by atoms with van der Waals surface area (Å²) < 4.78 is 8.12. The lowest BCUT2D eigenvalue weighted by molar-refractivity contribution is -0.125. The Bertz CT molecular complexity index is 1400. The zero-order valence-electron chi connectivity index (χ0n) is 18.2. The fourth-order valence-electron chi connectivity index (χ4n) is 6.52. The molecule has 2 N–H and O–H groups in total. The van der Waals surface area contributed by atoms with Crippen LogP contribution >= 0.6 is 0 Å². The van der Waals surface area contributed by atoms with Crippen LogP contribution in [0, 0.1) is 0 Å². The molecule has 6 nitrogen and oxygen atoms in total. The molecule has 4 aromatic rings. The van der Waals surface area contributed by atoms with Crippen molar-refractivity contribution >= 4 is 33.7 Å². The van der Waals surface area contributed by atoms with Gasteiger partial charge in [0, 0.05) is 46.2 Å². The molecule has 3 saturated heterocycles. The maximum absolute atomic E-state index is 13.2. The number of piperidine rings is 1. The van der Waals surface area contributed by atoms with E-state index in [2.05, 4.69) is 39.6 Å². The summed E-state index contributed by atoms with van der Waals surface area (Å²) in [7, 11) is 0. The quantitative estimate of drug-likeness (QED) is 0.465. The Morgan fingerprint density at radius 1 is 0.848 bits per heavy atom. The fraction of sp³-hybridized carbons (Fsp3) is 0.333. The number of hydrogen-bond donors (Lipinski definition) is 2. The minimum Gasteiger partial charge on any atom is -0.464 e. The minimum absolute atomic E-state index is 0.234. The number of rotatable bonds is 3. The van der Waals surface area contributed by atoms with Gasteiger partial charge in [-0.15, -0.1) is 0 Å². The number of para-hydroxylation sites is 2. The van der Waals surface area contributed by atoms with Gasteiger partial charge in [0.05, 0.1) is 18.1 Å². The number of amides is 2. The van der Waals surface area contributed by atoms with E-state index in [0.29, 0.717) is 23.7 Å². The summed E-state index contributed by atoms with van der Waals surface area (Å²) in [4.78, 5) is 26.3. The van der Waals surface area contributed by atoms with Crippen LogP contribution in [0.5, 0.6) is 0 Å². The zero-order valence-corrected chi connectivity index (χ0v) is 18.2. The van der Waals surface area contributed by atoms with Crippen LogP contribution in [0.25, 0.3) is 21.9 Å². The molecule has 7 rings (SSSR count). The molecule has 0 spiro atoms. The first-order chi connectivity index (χ1) is 16.2. The van der Waals surface area contributed by atoms with E-state index in [1.54, 1.807) is 6.26 Å². The Morgan fingerprint density at radius 3 is 2.42 bits per heavy atom. The van der Waals surface area contributed by atoms with Crippen molar-refractivity contribution in [2.75, 3.05) is 0 Å². The Kier molecular flexibility index (Phi) is 4.09. The monoisotopic (exact) mass is 439 g/mol. The highest BCUT2D eigenvalue weighted by atomic mass is 16.3. The average Bonchev–Trinajstić information content (AvgIpc) is 3.58. The van der Waals surface area contributed by atoms with E-state index < -0.39 is 11.8 Å². The molecule has 33 heavy (non-hydrogen) atoms. The van der Waals surface area contributed by atoms with Gasteiger partial charge >= 0.3 is 0 Å². The van der Waals surface area contributed by atoms with Gasteiger partial charge in [-0.3, -0.25) is 14.9 Å². The van der Waals surface area contributed by atoms with Crippen LogP contribution in [-0.2, 0) is 9.59 Å². The Hall–Kier alpha value is -3.38. The predicted octanol–water partition coefficient (Wildman–Crippen LogP) is 4.37. The third kappa shape index (κ3) is 2.83. The summed E-state index contributed by atoms with van der Waals surface area (Å²) in [5.41, 5.74) is 3.51. The lowest BCUT2D eigenvalue weighted by atomic mass is 9.82. The molecular formula is C27H25N3O3. The van der Waals surface area contributed by atoms with Gasteiger partial charge in [0.25, 0.3) is 0 Å². The third-order valence-corrected chi connectivity index (χ3v) is 7.94. The highest BCUT2D eigenvalue weighted by molar-refractivity contribution is 6.12. The van der Waals surface area contributed by atoms with Gasteiger partial charge in [-0.05, 0) is 43.4 Å². The summed E-state index contributed by atoms with van der Waals surface area (Å²) in [6.45, 7) is 0. The number of nitrogens with one attached hydrogen (secondary N) is 2. The number of aromatic nitrogens is 1. The number of furan rings is 1. The van der Waals surface area contributed by atoms with Gasteiger partial charge in [0.1, 0.15) is 5.58 Å². The van der Waals surface area contributed by atoms with Crippen LogP contribution in [0.1, 0.15) is 54.7 Å². The van der Waals surface area contributed by atoms with Crippen molar-refractivity contribution in [1.82, 2.24) is 15.2 Å². The summed E-state index contributed by atoms with van der Waals surface area (Å²) in [5, 5.41) is 8.32. The second-order valence-electron chi connectivity index (χ2n) is 9.77. The molecule has 2 aromatic carbocycles. The molecule has 4 atom stereocenters. The molecule has 3 aliphatic rings. The Balaban J connectivity index is 1.38. The lowest BCUT2D eigenvalue weighted by Gasteiger charge is -2.30. The highest BCUT2D eigenvalue weighted by Gasteiger charge is 2.46. The Labute approximate surface area is 190 Å². The molecule has 2 amide bonds. The SMILES string of the molecule is O=C1NC(=O)C(c2cccc3ccoc23)C1c1cn(C2CC3CCC(C2)N3)c2ccccc12. The number of imide groups is 1. The number of fused-ring (bicyclic) bond motifs is 4. The van der Waals surface area contributed by atoms with E-state index in [0.717, 1.165) is 40.3 Å². The summed E-state index contributed by atoms with van der Waals surface area (Å²) in [6, 6.07) is 17.5. The van der Waals surface area contributed by atoms with Gasteiger partial charge in [-0.25, -0.2) is 0 Å². The van der Waals surface area contributed by atoms with E-state index in [1.807, 2.05) is 30.3 Å². The van der Waals surface area contributed by atoms with Gasteiger partial charge in [0.2, 0.25) is 11.8 Å². The maximum atomic E-state index is 13.2. The van der Waals surface area contributed by atoms with E-state index in [4.69, 9.17) is 4.42 Å². The van der Waals surface area contributed by atoms with Crippen LogP contribution < -0.4 is 10.6 Å². The normalized spacial score (nSPS) is 29.3. The van der Waals surface area contributed by atoms with Crippen molar-refractivity contribution in [3.05, 3.63) is 72.1 Å². The molecule has 3 aliphatic heterocycles. The topological polar surface area (TPSA) is 76.3 Å². The molecule has 2 bridgehead atoms. The molecule has 166 valence electrons. The summed E-state index contributed by atoms with van der Waals surface area (Å²) >= 11 is 0. The van der Waals surface area contributed by atoms with E-state index in [1.165, 1.54) is 12.8 Å². The first-order valence-electron chi connectivity index (χ1n) is 11.8. The Morgan fingerprint density at radius 2 is 1.61 bits per heavy atom. The molecule has 3 fully saturated rings. The largest absolute Gasteiger partial charge is 0.464 e. The van der Waals surface area contributed by atoms with Crippen molar-refractivity contribution in [3.8, 4) is 0 Å². The van der Waals surface area contributed by atoms with Gasteiger partial charge < -0.3 is 14.3 Å². The standard InChI is InChI=1S/C27H25N3O3/c31-26-23(20-6-3-4-15-10-11-33-25(15)20)24(27(32)29-26)21-14-30(22-7-2-1-5-19(21)22)18-12-16-8-9-17(13-18)28-16/h1-7,10-11,14,16-18,23-24,28H,8-9,12-13H2,(H,29,31,32). The van der Waals surface area contributed by atoms with Gasteiger partial charge in [-0.2, -0.15) is 0 Å². The number of hydrogen-bond acceptors (Lipinski definition) is 4. The van der Waals surface area contributed by atoms with Crippen LogP contribution in [0.2, 0.25) is 0 Å². The number of carbonyl (C=O) groups excluding carboxylic acids is 2. The van der Waals surface area contributed by atoms with Crippen molar-refractivity contribution in [3.63, 3.8) is 0 Å². The molecular weight excluding hydrogens is 414 g/mol. The average molecular weight is 440 g/mol. The van der Waals surface area contributed by atoms with E-state index in [-0.39, 0.29) is 11.8 Å². The molecule has 6 heteroatoms. The first kappa shape index (κ1) is 19.1. The van der Waals surface area contributed by atoms with Crippen LogP contribution in [0.4, 0.5) is 0 Å². The smallest absolute Gasteiger partial charge is 0.235 e. The zero-order chi connectivity index (χ0) is 22.1. The second-order valence-corrected chi connectivity index (χ2v) is 9.77. The molecule has 2 aromatic heterocycles. The molecule has 5 heterocycles. The lowest BCUT2D eigenvalue weighted by Crippen LogP contribution is -2.38. The minimum atomic E-state index is -0.615. The number of benzene rings is 2. The van der Waals surface area contributed by atoms with Crippen molar-refractivity contribution in [1.29, 1.82) is 0 Å². The second kappa shape index (κ2) is 7.06. The van der Waals surface area contributed by atoms with Crippen molar-refractivity contribution in [2.45, 2.75) is 55.6 Å². The van der Waals surface area contributed by atoms with Gasteiger partial charge in [-0.1, -0.05) is 36.4 Å². The van der Waals surface area contributed by atoms with Crippen molar-refractivity contribution in [2.24, 2.45) is 0 Å². The summed E-state index contributed by atoms with van der Waals surface area (Å²) in [6.07, 6.45) is 8.45. The maximum Gasteiger partial charge on any atom is 0.235 e. The number of carbonyl (C=O) groups is 2. The molecule has 0 radical (unpaired) electrons. The molecule has 0 saturated carbocycles. The van der Waals surface area contributed by atoms with Crippen molar-refractivity contribution < 1.29 is 14.0 Å². The molecule has 0 aliphatic carbocycles. The third-order valence-electron chi connectivity index (χ3n) is 7.94. The first-order valence-corrected chi connectivity index (χ1v) is 11.8.